The average molecular weight is 904 g/mol. The minimum absolute atomic E-state index is 0.0481. The summed E-state index contributed by atoms with van der Waals surface area (Å²) < 4.78 is 5.93. The van der Waals surface area contributed by atoms with Crippen LogP contribution in [0.3, 0.4) is 0 Å². The summed E-state index contributed by atoms with van der Waals surface area (Å²) in [5, 5.41) is 23.8. The van der Waals surface area contributed by atoms with Crippen molar-refractivity contribution in [3.63, 3.8) is 0 Å². The van der Waals surface area contributed by atoms with Crippen molar-refractivity contribution < 1.29 is 24.5 Å². The zero-order valence-corrected chi connectivity index (χ0v) is 42.3. The first-order valence-electron chi connectivity index (χ1n) is 27.1. The van der Waals surface area contributed by atoms with E-state index in [2.05, 4.69) is 99.0 Å². The molecule has 0 heterocycles. The number of nitrogens with one attached hydrogen (secondary N) is 1. The zero-order valence-electron chi connectivity index (χ0n) is 42.3. The second-order valence-electron chi connectivity index (χ2n) is 18.1. The van der Waals surface area contributed by atoms with Crippen molar-refractivity contribution in [2.45, 2.75) is 257 Å². The second-order valence-corrected chi connectivity index (χ2v) is 18.1. The standard InChI is InChI=1S/C59H101NO5/c1-4-7-10-13-16-19-22-25-27-28-29-31-34-37-40-43-46-49-52-59(64)65-55(50-47-44-41-38-35-32-24-21-18-15-12-9-6-3)53-58(63)60-56(54-61)57(62)51-48-45-42-39-36-33-30-26-23-20-17-14-11-8-5-2/h9-10,12-13,15-16,18-19,21-22,24-25,27-29,31,55-57,61-62H,4-8,11,14,17,20,23,26,30,32-54H2,1-3H3,(H,60,63)/b12-9+,13-10+,18-15+,19-16+,24-21+,25-22+,28-27+,31-29+. The van der Waals surface area contributed by atoms with Crippen LogP contribution in [-0.4, -0.2) is 46.9 Å². The number of aliphatic hydroxyl groups is 2. The van der Waals surface area contributed by atoms with Crippen LogP contribution in [0.5, 0.6) is 0 Å². The number of carbonyl (C=O) groups is 2. The van der Waals surface area contributed by atoms with Gasteiger partial charge in [0.15, 0.2) is 0 Å². The Morgan fingerprint density at radius 2 is 0.862 bits per heavy atom. The molecule has 0 aromatic heterocycles. The molecule has 0 aliphatic carbocycles. The number of rotatable bonds is 47. The molecule has 0 aliphatic rings. The summed E-state index contributed by atoms with van der Waals surface area (Å²) in [5.74, 6) is -0.527. The third kappa shape index (κ3) is 47.1. The van der Waals surface area contributed by atoms with Crippen LogP contribution >= 0.6 is 0 Å². The number of ether oxygens (including phenoxy) is 1. The van der Waals surface area contributed by atoms with Gasteiger partial charge in [-0.1, -0.05) is 259 Å². The molecule has 0 aromatic rings. The zero-order chi connectivity index (χ0) is 47.4. The lowest BCUT2D eigenvalue weighted by Crippen LogP contribution is -2.46. The summed E-state index contributed by atoms with van der Waals surface area (Å²) in [6.07, 6.45) is 68.9. The highest BCUT2D eigenvalue weighted by atomic mass is 16.5. The molecule has 3 N–H and O–H groups in total. The maximum absolute atomic E-state index is 13.2. The van der Waals surface area contributed by atoms with Crippen LogP contribution in [0.25, 0.3) is 0 Å². The Hall–Kier alpha value is -3.22. The van der Waals surface area contributed by atoms with Gasteiger partial charge in [0.2, 0.25) is 5.91 Å². The number of hydrogen-bond donors (Lipinski definition) is 3. The molecule has 3 atom stereocenters. The number of aliphatic hydroxyl groups excluding tert-OH is 2. The van der Waals surface area contributed by atoms with Crippen molar-refractivity contribution in [2.75, 3.05) is 6.61 Å². The summed E-state index contributed by atoms with van der Waals surface area (Å²) in [7, 11) is 0. The van der Waals surface area contributed by atoms with Crippen LogP contribution in [0.4, 0.5) is 0 Å². The lowest BCUT2D eigenvalue weighted by molar-refractivity contribution is -0.151. The van der Waals surface area contributed by atoms with E-state index in [9.17, 15) is 19.8 Å². The smallest absolute Gasteiger partial charge is 0.306 e. The maximum Gasteiger partial charge on any atom is 0.306 e. The third-order valence-electron chi connectivity index (χ3n) is 11.8. The molecule has 65 heavy (non-hydrogen) atoms. The predicted molar refractivity (Wildman–Crippen MR) is 282 cm³/mol. The van der Waals surface area contributed by atoms with Crippen molar-refractivity contribution in [1.29, 1.82) is 0 Å². The lowest BCUT2D eigenvalue weighted by atomic mass is 10.0. The van der Waals surface area contributed by atoms with Gasteiger partial charge in [0, 0.05) is 6.42 Å². The molecule has 0 bridgehead atoms. The number of unbranched alkanes of at least 4 members (excludes halogenated alkanes) is 25. The van der Waals surface area contributed by atoms with Crippen molar-refractivity contribution in [3.8, 4) is 0 Å². The molecule has 0 radical (unpaired) electrons. The normalized spacial score (nSPS) is 14.0. The molecule has 0 aromatic carbocycles. The highest BCUT2D eigenvalue weighted by Crippen LogP contribution is 2.18. The first-order valence-corrected chi connectivity index (χ1v) is 27.1. The van der Waals surface area contributed by atoms with Crippen LogP contribution in [0.2, 0.25) is 0 Å². The van der Waals surface area contributed by atoms with E-state index in [-0.39, 0.29) is 24.9 Å². The van der Waals surface area contributed by atoms with E-state index >= 15 is 0 Å². The predicted octanol–water partition coefficient (Wildman–Crippen LogP) is 16.5. The van der Waals surface area contributed by atoms with Crippen molar-refractivity contribution in [2.24, 2.45) is 0 Å². The number of amides is 1. The highest BCUT2D eigenvalue weighted by Gasteiger charge is 2.24. The Kier molecular flexibility index (Phi) is 49.2. The van der Waals surface area contributed by atoms with Crippen LogP contribution in [0, 0.1) is 0 Å². The largest absolute Gasteiger partial charge is 0.462 e. The van der Waals surface area contributed by atoms with E-state index in [4.69, 9.17) is 4.74 Å². The molecule has 372 valence electrons. The molecule has 0 aliphatic heterocycles. The Morgan fingerprint density at radius 1 is 0.462 bits per heavy atom. The molecule has 0 rings (SSSR count). The second kappa shape index (κ2) is 51.8. The van der Waals surface area contributed by atoms with Crippen LogP contribution in [0.15, 0.2) is 97.2 Å². The minimum atomic E-state index is -0.804. The molecular formula is C59H101NO5. The van der Waals surface area contributed by atoms with Gasteiger partial charge in [-0.2, -0.15) is 0 Å². The fourth-order valence-corrected chi connectivity index (χ4v) is 7.75. The van der Waals surface area contributed by atoms with Gasteiger partial charge in [-0.25, -0.2) is 0 Å². The van der Waals surface area contributed by atoms with Crippen molar-refractivity contribution in [1.82, 2.24) is 5.32 Å². The SMILES string of the molecule is CC/C=C/C=C/C=C/CCCCCCCC(CC(=O)NC(CO)C(O)CCCCCCCCCCCCCCCCC)OC(=O)CCCCCCC/C=C/C=C/C=C/C=C/C=C/CCC. The number of hydrogen-bond acceptors (Lipinski definition) is 5. The van der Waals surface area contributed by atoms with Crippen molar-refractivity contribution >= 4 is 11.9 Å². The fourth-order valence-electron chi connectivity index (χ4n) is 7.75. The Balaban J connectivity index is 4.64. The number of allylic oxidation sites excluding steroid dienone is 16. The number of esters is 1. The van der Waals surface area contributed by atoms with Gasteiger partial charge in [0.25, 0.3) is 0 Å². The van der Waals surface area contributed by atoms with E-state index in [0.717, 1.165) is 109 Å². The van der Waals surface area contributed by atoms with Gasteiger partial charge in [0.1, 0.15) is 6.10 Å². The van der Waals surface area contributed by atoms with E-state index in [0.29, 0.717) is 19.3 Å². The Morgan fingerprint density at radius 3 is 1.32 bits per heavy atom. The van der Waals surface area contributed by atoms with Gasteiger partial charge in [-0.15, -0.1) is 0 Å². The summed E-state index contributed by atoms with van der Waals surface area (Å²) in [5.41, 5.74) is 0. The van der Waals surface area contributed by atoms with E-state index in [1.807, 2.05) is 24.3 Å². The van der Waals surface area contributed by atoms with E-state index in [1.165, 1.54) is 83.5 Å². The monoisotopic (exact) mass is 904 g/mol. The van der Waals surface area contributed by atoms with Gasteiger partial charge >= 0.3 is 5.97 Å². The summed E-state index contributed by atoms with van der Waals surface area (Å²) in [6.45, 7) is 6.26. The number of carbonyl (C=O) groups excluding carboxylic acids is 2. The summed E-state index contributed by atoms with van der Waals surface area (Å²) >= 11 is 0. The van der Waals surface area contributed by atoms with Gasteiger partial charge in [-0.05, 0) is 64.2 Å². The molecule has 6 nitrogen and oxygen atoms in total. The fraction of sp³-hybridized carbons (Fsp3) is 0.695. The van der Waals surface area contributed by atoms with Gasteiger partial charge in [0.05, 0.1) is 25.2 Å². The first kappa shape index (κ1) is 61.8. The van der Waals surface area contributed by atoms with Crippen molar-refractivity contribution in [3.05, 3.63) is 97.2 Å². The first-order chi connectivity index (χ1) is 32.0. The van der Waals surface area contributed by atoms with E-state index in [1.54, 1.807) is 0 Å². The molecule has 3 unspecified atom stereocenters. The molecule has 0 spiro atoms. The van der Waals surface area contributed by atoms with Crippen LogP contribution in [-0.2, 0) is 14.3 Å². The van der Waals surface area contributed by atoms with Crippen LogP contribution < -0.4 is 5.32 Å². The summed E-state index contributed by atoms with van der Waals surface area (Å²) in [4.78, 5) is 26.2. The third-order valence-corrected chi connectivity index (χ3v) is 11.8. The molecule has 0 saturated heterocycles. The minimum Gasteiger partial charge on any atom is -0.462 e. The maximum atomic E-state index is 13.2. The van der Waals surface area contributed by atoms with Crippen LogP contribution in [0.1, 0.15) is 239 Å². The molecule has 1 amide bonds. The quantitative estimate of drug-likeness (QED) is 0.0321. The average Bonchev–Trinajstić information content (AvgIpc) is 3.30. The molecular weight excluding hydrogens is 803 g/mol. The Bertz CT molecular complexity index is 1290. The molecule has 0 saturated carbocycles. The van der Waals surface area contributed by atoms with Gasteiger partial charge in [-0.3, -0.25) is 9.59 Å². The Labute approximate surface area is 401 Å². The topological polar surface area (TPSA) is 95.9 Å². The molecule has 6 heteroatoms. The van der Waals surface area contributed by atoms with E-state index < -0.39 is 18.2 Å². The van der Waals surface area contributed by atoms with Gasteiger partial charge < -0.3 is 20.3 Å². The summed E-state index contributed by atoms with van der Waals surface area (Å²) in [6, 6.07) is -0.720. The highest BCUT2D eigenvalue weighted by molar-refractivity contribution is 5.77. The molecule has 0 fully saturated rings. The lowest BCUT2D eigenvalue weighted by Gasteiger charge is -2.24.